The third-order valence-corrected chi connectivity index (χ3v) is 5.41. The van der Waals surface area contributed by atoms with Crippen molar-refractivity contribution in [2.45, 2.75) is 31.7 Å². The van der Waals surface area contributed by atoms with Crippen LogP contribution in [0.5, 0.6) is 5.75 Å². The molecule has 1 aliphatic heterocycles. The molecule has 1 N–H and O–H groups in total. The third-order valence-electron chi connectivity index (χ3n) is 5.41. The van der Waals surface area contributed by atoms with E-state index in [1.165, 1.54) is 19.3 Å². The minimum absolute atomic E-state index is 0.0212. The Labute approximate surface area is 164 Å². The lowest BCUT2D eigenvalue weighted by atomic mass is 10.1. The first-order valence-electron chi connectivity index (χ1n) is 9.83. The van der Waals surface area contributed by atoms with Gasteiger partial charge in [-0.05, 0) is 50.2 Å². The highest BCUT2D eigenvalue weighted by atomic mass is 16.5. The molecule has 0 bridgehead atoms. The van der Waals surface area contributed by atoms with Gasteiger partial charge in [-0.2, -0.15) is 0 Å². The van der Waals surface area contributed by atoms with Gasteiger partial charge in [-0.1, -0.05) is 6.42 Å². The second-order valence-electron chi connectivity index (χ2n) is 7.23. The van der Waals surface area contributed by atoms with Crippen molar-refractivity contribution in [2.24, 2.45) is 0 Å². The van der Waals surface area contributed by atoms with Gasteiger partial charge >= 0.3 is 0 Å². The van der Waals surface area contributed by atoms with E-state index in [9.17, 15) is 4.79 Å². The van der Waals surface area contributed by atoms with Crippen LogP contribution in [0.15, 0.2) is 51.7 Å². The second-order valence-corrected chi connectivity index (χ2v) is 7.23. The molecule has 6 nitrogen and oxygen atoms in total. The maximum Gasteiger partial charge on any atom is 0.224 e. The average molecular weight is 382 g/mol. The van der Waals surface area contributed by atoms with Gasteiger partial charge < -0.3 is 18.9 Å². The number of hydrogen-bond donors (Lipinski definition) is 1. The van der Waals surface area contributed by atoms with Gasteiger partial charge in [0.1, 0.15) is 17.1 Å². The predicted molar refractivity (Wildman–Crippen MR) is 106 cm³/mol. The lowest BCUT2D eigenvalue weighted by molar-refractivity contribution is -0.120. The molecule has 3 aromatic rings. The van der Waals surface area contributed by atoms with Crippen LogP contribution in [0.3, 0.4) is 0 Å². The number of ether oxygens (including phenoxy) is 1. The van der Waals surface area contributed by atoms with Gasteiger partial charge in [0.25, 0.3) is 0 Å². The van der Waals surface area contributed by atoms with Crippen LogP contribution in [0.2, 0.25) is 0 Å². The number of nitrogens with one attached hydrogen (secondary N) is 1. The Morgan fingerprint density at radius 3 is 2.82 bits per heavy atom. The molecule has 1 amide bonds. The summed E-state index contributed by atoms with van der Waals surface area (Å²) in [5.74, 6) is 1.62. The minimum atomic E-state index is -0.0212. The molecule has 6 heteroatoms. The van der Waals surface area contributed by atoms with Crippen LogP contribution < -0.4 is 10.1 Å². The maximum atomic E-state index is 12.6. The van der Waals surface area contributed by atoms with Crippen molar-refractivity contribution in [2.75, 3.05) is 26.7 Å². The van der Waals surface area contributed by atoms with E-state index in [2.05, 4.69) is 10.2 Å². The molecule has 148 valence electrons. The van der Waals surface area contributed by atoms with Crippen LogP contribution in [-0.4, -0.2) is 37.6 Å². The Morgan fingerprint density at radius 2 is 2.07 bits per heavy atom. The Morgan fingerprint density at radius 1 is 1.21 bits per heavy atom. The number of nitrogens with zero attached hydrogens (tertiary/aromatic N) is 1. The standard InChI is InChI=1S/C22H26N2O4/c1-26-17-7-8-18-16(15-28-21(18)13-17)12-22(25)23-14-19(20-6-5-11-27-20)24-9-3-2-4-10-24/h5-8,11,13,15,19H,2-4,9-10,12,14H2,1H3,(H,23,25). The lowest BCUT2D eigenvalue weighted by Crippen LogP contribution is -2.40. The molecular weight excluding hydrogens is 356 g/mol. The fourth-order valence-electron chi connectivity index (χ4n) is 3.89. The number of carbonyl (C=O) groups is 1. The molecule has 1 saturated heterocycles. The Hall–Kier alpha value is -2.73. The van der Waals surface area contributed by atoms with E-state index in [0.29, 0.717) is 6.54 Å². The monoisotopic (exact) mass is 382 g/mol. The summed E-state index contributed by atoms with van der Waals surface area (Å²) in [5.41, 5.74) is 1.60. The number of furan rings is 2. The molecular formula is C22H26N2O4. The van der Waals surface area contributed by atoms with Crippen molar-refractivity contribution in [3.63, 3.8) is 0 Å². The van der Waals surface area contributed by atoms with Crippen LogP contribution in [0.25, 0.3) is 11.0 Å². The maximum absolute atomic E-state index is 12.6. The van der Waals surface area contributed by atoms with Gasteiger partial charge in [-0.15, -0.1) is 0 Å². The summed E-state index contributed by atoms with van der Waals surface area (Å²) in [6.07, 6.45) is 7.28. The minimum Gasteiger partial charge on any atom is -0.497 e. The zero-order valence-corrected chi connectivity index (χ0v) is 16.1. The zero-order chi connectivity index (χ0) is 19.3. The number of amides is 1. The van der Waals surface area contributed by atoms with E-state index in [4.69, 9.17) is 13.6 Å². The van der Waals surface area contributed by atoms with Crippen LogP contribution in [0, 0.1) is 0 Å². The first-order valence-corrected chi connectivity index (χ1v) is 9.83. The molecule has 1 fully saturated rings. The normalized spacial score (nSPS) is 16.2. The molecule has 0 radical (unpaired) electrons. The molecule has 1 unspecified atom stereocenters. The van der Waals surface area contributed by atoms with Crippen LogP contribution >= 0.6 is 0 Å². The van der Waals surface area contributed by atoms with E-state index < -0.39 is 0 Å². The van der Waals surface area contributed by atoms with E-state index in [-0.39, 0.29) is 18.4 Å². The summed E-state index contributed by atoms with van der Waals surface area (Å²) in [6.45, 7) is 2.61. The summed E-state index contributed by atoms with van der Waals surface area (Å²) >= 11 is 0. The molecule has 0 aliphatic carbocycles. The van der Waals surface area contributed by atoms with Crippen molar-refractivity contribution in [3.05, 3.63) is 54.2 Å². The molecule has 0 saturated carbocycles. The molecule has 1 atom stereocenters. The van der Waals surface area contributed by atoms with Crippen LogP contribution in [0.1, 0.15) is 36.6 Å². The van der Waals surface area contributed by atoms with Gasteiger partial charge in [-0.3, -0.25) is 9.69 Å². The van der Waals surface area contributed by atoms with E-state index >= 15 is 0 Å². The predicted octanol–water partition coefficient (Wildman–Crippen LogP) is 3.92. The number of carbonyl (C=O) groups excluding carboxylic acids is 1. The molecule has 0 spiro atoms. The summed E-state index contributed by atoms with van der Waals surface area (Å²) in [5, 5.41) is 4.03. The first kappa shape index (κ1) is 18.6. The zero-order valence-electron chi connectivity index (χ0n) is 16.1. The molecule has 2 aromatic heterocycles. The Kier molecular flexibility index (Phi) is 5.67. The van der Waals surface area contributed by atoms with Crippen LogP contribution in [-0.2, 0) is 11.2 Å². The van der Waals surface area contributed by atoms with E-state index in [1.54, 1.807) is 19.6 Å². The van der Waals surface area contributed by atoms with Crippen LogP contribution in [0.4, 0.5) is 0 Å². The molecule has 4 rings (SSSR count). The van der Waals surface area contributed by atoms with Gasteiger partial charge in [0.2, 0.25) is 5.91 Å². The third kappa shape index (κ3) is 4.07. The number of methoxy groups -OCH3 is 1. The number of rotatable bonds is 7. The van der Waals surface area contributed by atoms with Gasteiger partial charge in [-0.25, -0.2) is 0 Å². The van der Waals surface area contributed by atoms with Gasteiger partial charge in [0.05, 0.1) is 32.1 Å². The summed E-state index contributed by atoms with van der Waals surface area (Å²) in [7, 11) is 1.62. The number of hydrogen-bond acceptors (Lipinski definition) is 5. The van der Waals surface area contributed by atoms with E-state index in [0.717, 1.165) is 41.1 Å². The Bertz CT molecular complexity index is 910. The fourth-order valence-corrected chi connectivity index (χ4v) is 3.89. The van der Waals surface area contributed by atoms with Crippen molar-refractivity contribution in [1.82, 2.24) is 10.2 Å². The van der Waals surface area contributed by atoms with Crippen molar-refractivity contribution < 1.29 is 18.4 Å². The second kappa shape index (κ2) is 8.52. The average Bonchev–Trinajstić information content (AvgIpc) is 3.39. The Balaban J connectivity index is 1.41. The highest BCUT2D eigenvalue weighted by molar-refractivity contribution is 5.88. The van der Waals surface area contributed by atoms with Crippen molar-refractivity contribution >= 4 is 16.9 Å². The van der Waals surface area contributed by atoms with Gasteiger partial charge in [0.15, 0.2) is 0 Å². The number of fused-ring (bicyclic) bond motifs is 1. The number of piperidine rings is 1. The molecule has 1 aliphatic rings. The smallest absolute Gasteiger partial charge is 0.224 e. The van der Waals surface area contributed by atoms with Crippen molar-refractivity contribution in [3.8, 4) is 5.75 Å². The summed E-state index contributed by atoms with van der Waals surface area (Å²) < 4.78 is 16.5. The van der Waals surface area contributed by atoms with E-state index in [1.807, 2.05) is 30.3 Å². The quantitative estimate of drug-likeness (QED) is 0.671. The largest absolute Gasteiger partial charge is 0.497 e. The lowest BCUT2D eigenvalue weighted by Gasteiger charge is -2.33. The number of likely N-dealkylation sites (tertiary alicyclic amines) is 1. The number of benzene rings is 1. The first-order chi connectivity index (χ1) is 13.7. The molecule has 28 heavy (non-hydrogen) atoms. The molecule has 1 aromatic carbocycles. The summed E-state index contributed by atoms with van der Waals surface area (Å²) in [6, 6.07) is 9.61. The summed E-state index contributed by atoms with van der Waals surface area (Å²) in [4.78, 5) is 15.0. The van der Waals surface area contributed by atoms with Gasteiger partial charge in [0, 0.05) is 23.6 Å². The molecule has 3 heterocycles. The SMILES string of the molecule is COc1ccc2c(CC(=O)NCC(c3ccco3)N3CCCCC3)coc2c1. The van der Waals surface area contributed by atoms with Crippen molar-refractivity contribution in [1.29, 1.82) is 0 Å². The highest BCUT2D eigenvalue weighted by Crippen LogP contribution is 2.27. The fraction of sp³-hybridized carbons (Fsp3) is 0.409. The topological polar surface area (TPSA) is 67.8 Å². The highest BCUT2D eigenvalue weighted by Gasteiger charge is 2.25.